The summed E-state index contributed by atoms with van der Waals surface area (Å²) >= 11 is 3.35. The second kappa shape index (κ2) is 7.45. The summed E-state index contributed by atoms with van der Waals surface area (Å²) in [6, 6.07) is 1.26. The van der Waals surface area contributed by atoms with Gasteiger partial charge in [0, 0.05) is 24.4 Å². The highest BCUT2D eigenvalue weighted by Crippen LogP contribution is 2.17. The molecule has 0 saturated carbocycles. The largest absolute Gasteiger partial charge is 0.385 e. The van der Waals surface area contributed by atoms with Crippen LogP contribution in [0.5, 0.6) is 0 Å². The minimum absolute atomic E-state index is 0.222. The predicted octanol–water partition coefficient (Wildman–Crippen LogP) is 1.84. The van der Waals surface area contributed by atoms with E-state index in [0.29, 0.717) is 18.8 Å². The van der Waals surface area contributed by atoms with Gasteiger partial charge in [-0.2, -0.15) is 0 Å². The van der Waals surface area contributed by atoms with Crippen molar-refractivity contribution in [3.8, 4) is 0 Å². The number of nitrogens with two attached hydrogens (primary N) is 1. The molecule has 0 aliphatic rings. The first-order chi connectivity index (χ1) is 8.54. The highest BCUT2D eigenvalue weighted by Gasteiger charge is 2.13. The van der Waals surface area contributed by atoms with E-state index >= 15 is 0 Å². The number of ether oxygens (including phenoxy) is 1. The zero-order valence-corrected chi connectivity index (χ0v) is 12.2. The van der Waals surface area contributed by atoms with Gasteiger partial charge in [0.05, 0.1) is 6.04 Å². The summed E-state index contributed by atoms with van der Waals surface area (Å²) in [6.07, 6.45) is 3.01. The standard InChI is InChI=1S/C12H18BrN3O2/c1-8-6-11(15-7-9(8)13)16-12(17)10(14)4-3-5-18-2/h6-7,10H,3-5,14H2,1-2H3,(H,15,16,17). The molecule has 0 aromatic carbocycles. The summed E-state index contributed by atoms with van der Waals surface area (Å²) < 4.78 is 5.82. The van der Waals surface area contributed by atoms with Gasteiger partial charge in [0.25, 0.3) is 0 Å². The maximum absolute atomic E-state index is 11.8. The molecule has 0 aliphatic heterocycles. The van der Waals surface area contributed by atoms with Gasteiger partial charge in [-0.3, -0.25) is 4.79 Å². The summed E-state index contributed by atoms with van der Waals surface area (Å²) in [5, 5.41) is 2.70. The summed E-state index contributed by atoms with van der Waals surface area (Å²) in [6.45, 7) is 2.54. The Morgan fingerprint density at radius 2 is 2.39 bits per heavy atom. The first kappa shape index (κ1) is 15.1. The zero-order chi connectivity index (χ0) is 13.5. The molecule has 1 aromatic heterocycles. The van der Waals surface area contributed by atoms with Crippen LogP contribution in [0.2, 0.25) is 0 Å². The fourth-order valence-electron chi connectivity index (χ4n) is 1.41. The molecule has 1 atom stereocenters. The molecular formula is C12H18BrN3O2. The lowest BCUT2D eigenvalue weighted by Gasteiger charge is -2.12. The Kier molecular flexibility index (Phi) is 6.24. The van der Waals surface area contributed by atoms with E-state index in [1.54, 1.807) is 19.4 Å². The quantitative estimate of drug-likeness (QED) is 0.785. The molecule has 0 saturated heterocycles. The van der Waals surface area contributed by atoms with E-state index in [-0.39, 0.29) is 5.91 Å². The number of carbonyl (C=O) groups excluding carboxylic acids is 1. The van der Waals surface area contributed by atoms with Crippen molar-refractivity contribution in [2.75, 3.05) is 19.0 Å². The third kappa shape index (κ3) is 4.72. The van der Waals surface area contributed by atoms with E-state index in [4.69, 9.17) is 10.5 Å². The highest BCUT2D eigenvalue weighted by atomic mass is 79.9. The van der Waals surface area contributed by atoms with E-state index in [9.17, 15) is 4.79 Å². The van der Waals surface area contributed by atoms with Crippen molar-refractivity contribution in [1.82, 2.24) is 4.98 Å². The fraction of sp³-hybridized carbons (Fsp3) is 0.500. The van der Waals surface area contributed by atoms with Crippen LogP contribution in [0.3, 0.4) is 0 Å². The molecule has 1 unspecified atom stereocenters. The lowest BCUT2D eigenvalue weighted by molar-refractivity contribution is -0.117. The molecule has 18 heavy (non-hydrogen) atoms. The van der Waals surface area contributed by atoms with Gasteiger partial charge < -0.3 is 15.8 Å². The van der Waals surface area contributed by atoms with Crippen molar-refractivity contribution in [3.63, 3.8) is 0 Å². The Balaban J connectivity index is 2.50. The van der Waals surface area contributed by atoms with Crippen molar-refractivity contribution in [3.05, 3.63) is 22.3 Å². The molecule has 1 rings (SSSR count). The summed E-state index contributed by atoms with van der Waals surface area (Å²) in [4.78, 5) is 15.9. The monoisotopic (exact) mass is 315 g/mol. The Morgan fingerprint density at radius 3 is 3.00 bits per heavy atom. The van der Waals surface area contributed by atoms with Gasteiger partial charge in [-0.1, -0.05) is 0 Å². The number of nitrogens with one attached hydrogen (secondary N) is 1. The van der Waals surface area contributed by atoms with E-state index < -0.39 is 6.04 Å². The second-order valence-electron chi connectivity index (χ2n) is 4.05. The molecule has 0 spiro atoms. The Labute approximate surface area is 115 Å². The van der Waals surface area contributed by atoms with Gasteiger partial charge in [0.2, 0.25) is 5.91 Å². The Hall–Kier alpha value is -0.980. The third-order valence-corrected chi connectivity index (χ3v) is 3.33. The van der Waals surface area contributed by atoms with Crippen LogP contribution < -0.4 is 11.1 Å². The number of aromatic nitrogens is 1. The number of hydrogen-bond donors (Lipinski definition) is 2. The molecule has 0 aliphatic carbocycles. The average molecular weight is 316 g/mol. The second-order valence-corrected chi connectivity index (χ2v) is 4.90. The van der Waals surface area contributed by atoms with Crippen molar-refractivity contribution < 1.29 is 9.53 Å². The number of methoxy groups -OCH3 is 1. The zero-order valence-electron chi connectivity index (χ0n) is 10.6. The maximum atomic E-state index is 11.8. The van der Waals surface area contributed by atoms with Gasteiger partial charge in [0.1, 0.15) is 5.82 Å². The van der Waals surface area contributed by atoms with Crippen LogP contribution in [-0.4, -0.2) is 30.6 Å². The third-order valence-electron chi connectivity index (χ3n) is 2.50. The first-order valence-electron chi connectivity index (χ1n) is 5.72. The SMILES string of the molecule is COCCCC(N)C(=O)Nc1cc(C)c(Br)cn1. The van der Waals surface area contributed by atoms with Crippen LogP contribution in [0.4, 0.5) is 5.82 Å². The van der Waals surface area contributed by atoms with Crippen LogP contribution in [0, 0.1) is 6.92 Å². The summed E-state index contributed by atoms with van der Waals surface area (Å²) in [5.41, 5.74) is 6.78. The number of amides is 1. The predicted molar refractivity (Wildman–Crippen MR) is 74.4 cm³/mol. The maximum Gasteiger partial charge on any atom is 0.242 e. The van der Waals surface area contributed by atoms with Crippen molar-refractivity contribution in [2.24, 2.45) is 5.73 Å². The molecule has 0 radical (unpaired) electrons. The molecule has 100 valence electrons. The molecule has 3 N–H and O–H groups in total. The molecule has 1 heterocycles. The summed E-state index contributed by atoms with van der Waals surface area (Å²) in [7, 11) is 1.63. The van der Waals surface area contributed by atoms with E-state index in [1.807, 2.05) is 6.92 Å². The van der Waals surface area contributed by atoms with Gasteiger partial charge in [-0.05, 0) is 47.3 Å². The van der Waals surface area contributed by atoms with Crippen molar-refractivity contribution in [1.29, 1.82) is 0 Å². The number of anilines is 1. The molecule has 6 heteroatoms. The summed E-state index contributed by atoms with van der Waals surface area (Å²) in [5.74, 6) is 0.295. The van der Waals surface area contributed by atoms with Crippen molar-refractivity contribution >= 4 is 27.7 Å². The van der Waals surface area contributed by atoms with Crippen LogP contribution in [0.15, 0.2) is 16.7 Å². The molecule has 1 amide bonds. The highest BCUT2D eigenvalue weighted by molar-refractivity contribution is 9.10. The first-order valence-corrected chi connectivity index (χ1v) is 6.51. The molecular weight excluding hydrogens is 298 g/mol. The Bertz CT molecular complexity index is 412. The smallest absolute Gasteiger partial charge is 0.242 e. The van der Waals surface area contributed by atoms with Crippen molar-refractivity contribution in [2.45, 2.75) is 25.8 Å². The van der Waals surface area contributed by atoms with Gasteiger partial charge in [-0.15, -0.1) is 0 Å². The topological polar surface area (TPSA) is 77.2 Å². The van der Waals surface area contributed by atoms with Crippen LogP contribution in [0.25, 0.3) is 0 Å². The minimum atomic E-state index is -0.536. The Morgan fingerprint density at radius 1 is 1.67 bits per heavy atom. The molecule has 0 bridgehead atoms. The molecule has 0 fully saturated rings. The number of carbonyl (C=O) groups is 1. The van der Waals surface area contributed by atoms with Crippen LogP contribution in [0.1, 0.15) is 18.4 Å². The lowest BCUT2D eigenvalue weighted by Crippen LogP contribution is -2.36. The number of rotatable bonds is 6. The normalized spacial score (nSPS) is 12.2. The molecule has 5 nitrogen and oxygen atoms in total. The average Bonchev–Trinajstić information content (AvgIpc) is 2.34. The van der Waals surface area contributed by atoms with Crippen LogP contribution >= 0.6 is 15.9 Å². The van der Waals surface area contributed by atoms with Crippen LogP contribution in [-0.2, 0) is 9.53 Å². The van der Waals surface area contributed by atoms with Gasteiger partial charge >= 0.3 is 0 Å². The fourth-order valence-corrected chi connectivity index (χ4v) is 1.62. The van der Waals surface area contributed by atoms with Gasteiger partial charge in [-0.25, -0.2) is 4.98 Å². The van der Waals surface area contributed by atoms with E-state index in [1.165, 1.54) is 0 Å². The van der Waals surface area contributed by atoms with Gasteiger partial charge in [0.15, 0.2) is 0 Å². The van der Waals surface area contributed by atoms with E-state index in [2.05, 4.69) is 26.2 Å². The number of halogens is 1. The number of aryl methyl sites for hydroxylation is 1. The number of hydrogen-bond acceptors (Lipinski definition) is 4. The number of pyridine rings is 1. The number of nitrogens with zero attached hydrogens (tertiary/aromatic N) is 1. The molecule has 1 aromatic rings. The van der Waals surface area contributed by atoms with E-state index in [0.717, 1.165) is 16.5 Å². The minimum Gasteiger partial charge on any atom is -0.385 e. The lowest BCUT2D eigenvalue weighted by atomic mass is 10.1.